The van der Waals surface area contributed by atoms with Gasteiger partial charge in [0.2, 0.25) is 5.91 Å². The summed E-state index contributed by atoms with van der Waals surface area (Å²) in [6.07, 6.45) is 4.18. The molecular weight excluding hydrogens is 254 g/mol. The Labute approximate surface area is 122 Å². The molecule has 0 aromatic heterocycles. The van der Waals surface area contributed by atoms with Gasteiger partial charge in [0.25, 0.3) is 0 Å². The lowest BCUT2D eigenvalue weighted by atomic mass is 9.99. The molecule has 1 fully saturated rings. The lowest BCUT2D eigenvalue weighted by Crippen LogP contribution is -2.34. The molecule has 0 aliphatic heterocycles. The van der Waals surface area contributed by atoms with Crippen molar-refractivity contribution in [1.29, 1.82) is 0 Å². The van der Waals surface area contributed by atoms with Crippen LogP contribution in [0.3, 0.4) is 0 Å². The highest BCUT2D eigenvalue weighted by molar-refractivity contribution is 5.79. The number of hydrogen-bond donors (Lipinski definition) is 1. The van der Waals surface area contributed by atoms with E-state index in [9.17, 15) is 9.59 Å². The molecule has 116 valence electrons. The minimum atomic E-state index is -0.410. The summed E-state index contributed by atoms with van der Waals surface area (Å²) < 4.78 is 5.31. The Hall–Kier alpha value is -1.06. The van der Waals surface area contributed by atoms with E-state index in [1.807, 2.05) is 34.6 Å². The van der Waals surface area contributed by atoms with Crippen LogP contribution in [-0.4, -0.2) is 23.5 Å². The fourth-order valence-corrected chi connectivity index (χ4v) is 2.69. The van der Waals surface area contributed by atoms with Crippen molar-refractivity contribution in [3.63, 3.8) is 0 Å². The second kappa shape index (κ2) is 7.09. The number of amides is 1. The Morgan fingerprint density at radius 1 is 1.25 bits per heavy atom. The average molecular weight is 283 g/mol. The molecule has 20 heavy (non-hydrogen) atoms. The Balaban J connectivity index is 2.28. The van der Waals surface area contributed by atoms with E-state index in [1.54, 1.807) is 0 Å². The van der Waals surface area contributed by atoms with Gasteiger partial charge >= 0.3 is 5.97 Å². The van der Waals surface area contributed by atoms with Crippen molar-refractivity contribution in [3.8, 4) is 0 Å². The Morgan fingerprint density at radius 3 is 2.45 bits per heavy atom. The molecule has 0 aromatic carbocycles. The fraction of sp³-hybridized carbons (Fsp3) is 0.875. The number of rotatable bonds is 5. The van der Waals surface area contributed by atoms with Crippen molar-refractivity contribution in [2.75, 3.05) is 0 Å². The molecule has 1 aliphatic rings. The summed E-state index contributed by atoms with van der Waals surface area (Å²) in [4.78, 5) is 23.6. The van der Waals surface area contributed by atoms with Gasteiger partial charge in [-0.05, 0) is 66.2 Å². The Bertz CT molecular complexity index is 344. The summed E-state index contributed by atoms with van der Waals surface area (Å²) in [5.41, 5.74) is -0.410. The molecule has 0 aromatic rings. The minimum absolute atomic E-state index is 0.126. The van der Waals surface area contributed by atoms with E-state index in [0.29, 0.717) is 12.3 Å². The maximum atomic E-state index is 11.9. The van der Waals surface area contributed by atoms with E-state index in [1.165, 1.54) is 0 Å². The largest absolute Gasteiger partial charge is 0.460 e. The first-order valence-electron chi connectivity index (χ1n) is 7.69. The van der Waals surface area contributed by atoms with Crippen LogP contribution in [0.5, 0.6) is 0 Å². The van der Waals surface area contributed by atoms with Crippen molar-refractivity contribution in [2.24, 2.45) is 11.8 Å². The van der Waals surface area contributed by atoms with Gasteiger partial charge in [0, 0.05) is 18.4 Å². The van der Waals surface area contributed by atoms with E-state index >= 15 is 0 Å². The van der Waals surface area contributed by atoms with Crippen LogP contribution in [0.1, 0.15) is 66.7 Å². The number of nitrogens with one attached hydrogen (secondary N) is 1. The summed E-state index contributed by atoms with van der Waals surface area (Å²) in [6, 6.07) is 0.198. The second-order valence-corrected chi connectivity index (χ2v) is 7.16. The van der Waals surface area contributed by atoms with E-state index < -0.39 is 5.60 Å². The molecule has 1 unspecified atom stereocenters. The van der Waals surface area contributed by atoms with Crippen molar-refractivity contribution in [3.05, 3.63) is 0 Å². The molecule has 1 saturated carbocycles. The molecule has 4 heteroatoms. The van der Waals surface area contributed by atoms with E-state index in [0.717, 1.165) is 25.7 Å². The van der Waals surface area contributed by atoms with Gasteiger partial charge < -0.3 is 10.1 Å². The van der Waals surface area contributed by atoms with Crippen molar-refractivity contribution in [2.45, 2.75) is 78.4 Å². The number of ether oxygens (including phenoxy) is 1. The van der Waals surface area contributed by atoms with Crippen LogP contribution in [0.4, 0.5) is 0 Å². The topological polar surface area (TPSA) is 55.4 Å². The zero-order valence-electron chi connectivity index (χ0n) is 13.5. The molecular formula is C16H29NO3. The Kier molecular flexibility index (Phi) is 6.03. The first-order valence-corrected chi connectivity index (χ1v) is 7.69. The Morgan fingerprint density at radius 2 is 1.90 bits per heavy atom. The molecule has 0 saturated heterocycles. The second-order valence-electron chi connectivity index (χ2n) is 7.16. The van der Waals surface area contributed by atoms with Gasteiger partial charge in [-0.2, -0.15) is 0 Å². The van der Waals surface area contributed by atoms with Crippen molar-refractivity contribution in [1.82, 2.24) is 5.32 Å². The summed E-state index contributed by atoms with van der Waals surface area (Å²) in [6.45, 7) is 9.60. The summed E-state index contributed by atoms with van der Waals surface area (Å²) in [5.74, 6) is 0.638. The third kappa shape index (κ3) is 6.40. The minimum Gasteiger partial charge on any atom is -0.460 e. The number of esters is 1. The number of carbonyl (C=O) groups is 2. The zero-order chi connectivity index (χ0) is 15.3. The van der Waals surface area contributed by atoms with Crippen LogP contribution in [-0.2, 0) is 14.3 Å². The van der Waals surface area contributed by atoms with Crippen molar-refractivity contribution < 1.29 is 14.3 Å². The van der Waals surface area contributed by atoms with Gasteiger partial charge in [-0.3, -0.25) is 9.59 Å². The molecule has 1 N–H and O–H groups in total. The normalized spacial score (nSPS) is 22.9. The smallest absolute Gasteiger partial charge is 0.306 e. The third-order valence-electron chi connectivity index (χ3n) is 3.52. The number of carbonyl (C=O) groups excluding carboxylic acids is 2. The molecule has 1 aliphatic carbocycles. The SMILES string of the molecule is CC(C)NC(=O)[C@H]1CCC(CCC(=O)OC(C)(C)C)C1. The highest BCUT2D eigenvalue weighted by Crippen LogP contribution is 2.34. The highest BCUT2D eigenvalue weighted by atomic mass is 16.6. The van der Waals surface area contributed by atoms with Gasteiger partial charge in [0.15, 0.2) is 0 Å². The van der Waals surface area contributed by atoms with E-state index in [2.05, 4.69) is 5.32 Å². The molecule has 0 bridgehead atoms. The summed E-state index contributed by atoms with van der Waals surface area (Å²) in [5, 5.41) is 2.97. The van der Waals surface area contributed by atoms with Crippen LogP contribution in [0.25, 0.3) is 0 Å². The predicted molar refractivity (Wildman–Crippen MR) is 79.2 cm³/mol. The fourth-order valence-electron chi connectivity index (χ4n) is 2.69. The quantitative estimate of drug-likeness (QED) is 0.789. The van der Waals surface area contributed by atoms with Crippen molar-refractivity contribution >= 4 is 11.9 Å². The monoisotopic (exact) mass is 283 g/mol. The van der Waals surface area contributed by atoms with Gasteiger partial charge in [-0.25, -0.2) is 0 Å². The summed E-state index contributed by atoms with van der Waals surface area (Å²) >= 11 is 0. The molecule has 2 atom stereocenters. The highest BCUT2D eigenvalue weighted by Gasteiger charge is 2.30. The van der Waals surface area contributed by atoms with Crippen LogP contribution in [0, 0.1) is 11.8 Å². The first kappa shape index (κ1) is 17.0. The molecule has 0 heterocycles. The molecule has 0 spiro atoms. The van der Waals surface area contributed by atoms with Crippen LogP contribution < -0.4 is 5.32 Å². The zero-order valence-corrected chi connectivity index (χ0v) is 13.5. The number of hydrogen-bond acceptors (Lipinski definition) is 3. The summed E-state index contributed by atoms with van der Waals surface area (Å²) in [7, 11) is 0. The van der Waals surface area contributed by atoms with Crippen LogP contribution in [0.2, 0.25) is 0 Å². The molecule has 4 nitrogen and oxygen atoms in total. The van der Waals surface area contributed by atoms with Gasteiger partial charge in [-0.15, -0.1) is 0 Å². The van der Waals surface area contributed by atoms with E-state index in [4.69, 9.17) is 4.74 Å². The lowest BCUT2D eigenvalue weighted by molar-refractivity contribution is -0.155. The predicted octanol–water partition coefficient (Wildman–Crippen LogP) is 3.05. The molecule has 1 rings (SSSR count). The standard InChI is InChI=1S/C16H29NO3/c1-11(2)17-15(19)13-8-6-12(10-13)7-9-14(18)20-16(3,4)5/h11-13H,6-10H2,1-5H3,(H,17,19)/t12?,13-/m0/s1. The van der Waals surface area contributed by atoms with Gasteiger partial charge in [0.1, 0.15) is 5.60 Å². The maximum absolute atomic E-state index is 11.9. The van der Waals surface area contributed by atoms with Gasteiger partial charge in [-0.1, -0.05) is 0 Å². The molecule has 0 radical (unpaired) electrons. The van der Waals surface area contributed by atoms with Crippen LogP contribution >= 0.6 is 0 Å². The molecule has 1 amide bonds. The maximum Gasteiger partial charge on any atom is 0.306 e. The van der Waals surface area contributed by atoms with Gasteiger partial charge in [0.05, 0.1) is 0 Å². The van der Waals surface area contributed by atoms with Crippen LogP contribution in [0.15, 0.2) is 0 Å². The third-order valence-corrected chi connectivity index (χ3v) is 3.52. The lowest BCUT2D eigenvalue weighted by Gasteiger charge is -2.20. The van der Waals surface area contributed by atoms with E-state index in [-0.39, 0.29) is 23.8 Å². The average Bonchev–Trinajstić information content (AvgIpc) is 2.71. The first-order chi connectivity index (χ1) is 9.17.